The van der Waals surface area contributed by atoms with E-state index in [0.717, 1.165) is 11.6 Å². The van der Waals surface area contributed by atoms with Gasteiger partial charge in [0, 0.05) is 7.11 Å². The van der Waals surface area contributed by atoms with E-state index in [1.165, 1.54) is 12.8 Å². The molecule has 0 radical (unpaired) electrons. The van der Waals surface area contributed by atoms with Crippen molar-refractivity contribution in [2.24, 2.45) is 0 Å². The van der Waals surface area contributed by atoms with E-state index in [0.29, 0.717) is 6.61 Å². The Bertz CT molecular complexity index is 159. The van der Waals surface area contributed by atoms with E-state index < -0.39 is 8.32 Å². The summed E-state index contributed by atoms with van der Waals surface area (Å²) in [6, 6.07) is 0. The number of allylic oxidation sites excluding steroid dienone is 1. The minimum Gasteiger partial charge on any atom is -0.428 e. The normalized spacial score (nSPS) is 13.5. The molecule has 0 aromatic rings. The maximum absolute atomic E-state index is 9.90. The van der Waals surface area contributed by atoms with Crippen LogP contribution in [0, 0.1) is 0 Å². The van der Waals surface area contributed by atoms with Crippen molar-refractivity contribution in [2.75, 3.05) is 13.7 Å². The number of hydrogen-bond donors (Lipinski definition) is 1. The molecular weight excluding hydrogens is 180 g/mol. The molecule has 3 heteroatoms. The van der Waals surface area contributed by atoms with Gasteiger partial charge in [-0.25, -0.2) is 0 Å². The topological polar surface area (TPSA) is 29.5 Å². The van der Waals surface area contributed by atoms with Gasteiger partial charge in [0.25, 0.3) is 0 Å². The first kappa shape index (κ1) is 12.9. The lowest BCUT2D eigenvalue weighted by atomic mass is 10.2. The predicted octanol–water partition coefficient (Wildman–Crippen LogP) is 2.49. The zero-order valence-corrected chi connectivity index (χ0v) is 10.3. The van der Waals surface area contributed by atoms with Gasteiger partial charge < -0.3 is 9.53 Å². The van der Waals surface area contributed by atoms with Crippen LogP contribution in [0.25, 0.3) is 0 Å². The van der Waals surface area contributed by atoms with Crippen LogP contribution in [-0.2, 0) is 4.74 Å². The van der Waals surface area contributed by atoms with Crippen LogP contribution >= 0.6 is 0 Å². The summed E-state index contributed by atoms with van der Waals surface area (Å²) in [5.41, 5.74) is 0. The fourth-order valence-corrected chi connectivity index (χ4v) is 2.26. The summed E-state index contributed by atoms with van der Waals surface area (Å²) < 4.78 is 5.07. The Labute approximate surface area is 82.7 Å². The van der Waals surface area contributed by atoms with Crippen LogP contribution in [0.3, 0.4) is 0 Å². The van der Waals surface area contributed by atoms with Crippen LogP contribution < -0.4 is 0 Å². The highest BCUT2D eigenvalue weighted by molar-refractivity contribution is 6.77. The Hall–Kier alpha value is -0.123. The van der Waals surface area contributed by atoms with Crippen LogP contribution in [0.5, 0.6) is 0 Å². The second kappa shape index (κ2) is 6.35. The highest BCUT2D eigenvalue weighted by Crippen LogP contribution is 2.13. The minimum absolute atomic E-state index is 0.583. The molecule has 0 aliphatic rings. The lowest BCUT2D eigenvalue weighted by Gasteiger charge is -2.18. The fraction of sp³-hybridized carbons (Fsp3) is 0.800. The first-order chi connectivity index (χ1) is 6.02. The first-order valence-electron chi connectivity index (χ1n) is 4.93. The molecule has 0 atom stereocenters. The molecule has 0 aromatic carbocycles. The molecule has 0 bridgehead atoms. The van der Waals surface area contributed by atoms with Gasteiger partial charge >= 0.3 is 0 Å². The maximum atomic E-state index is 9.90. The second-order valence-electron chi connectivity index (χ2n) is 3.86. The fourth-order valence-electron chi connectivity index (χ4n) is 1.12. The average Bonchev–Trinajstić information content (AvgIpc) is 2.01. The van der Waals surface area contributed by atoms with Crippen molar-refractivity contribution in [3.63, 3.8) is 0 Å². The summed E-state index contributed by atoms with van der Waals surface area (Å²) in [6.07, 6.45) is 5.60. The van der Waals surface area contributed by atoms with E-state index in [2.05, 4.69) is 13.0 Å². The lowest BCUT2D eigenvalue weighted by Crippen LogP contribution is -2.31. The Kier molecular flexibility index (Phi) is 6.29. The van der Waals surface area contributed by atoms with Gasteiger partial charge in [0.15, 0.2) is 0 Å². The third kappa shape index (κ3) is 6.02. The third-order valence-electron chi connectivity index (χ3n) is 2.03. The molecule has 0 saturated heterocycles. The number of methoxy groups -OCH3 is 1. The SMILES string of the molecule is CCCC/C=C(\COC)[Si](C)(C)O. The van der Waals surface area contributed by atoms with E-state index in [9.17, 15) is 4.80 Å². The van der Waals surface area contributed by atoms with Gasteiger partial charge in [-0.1, -0.05) is 25.8 Å². The number of hydrogen-bond acceptors (Lipinski definition) is 2. The average molecular weight is 202 g/mol. The van der Waals surface area contributed by atoms with Crippen molar-refractivity contribution in [1.29, 1.82) is 0 Å². The molecule has 13 heavy (non-hydrogen) atoms. The number of ether oxygens (including phenoxy) is 1. The largest absolute Gasteiger partial charge is 0.428 e. The Morgan fingerprint density at radius 2 is 2.08 bits per heavy atom. The number of unbranched alkanes of at least 4 members (excludes halogenated alkanes) is 2. The van der Waals surface area contributed by atoms with Gasteiger partial charge in [-0.15, -0.1) is 0 Å². The summed E-state index contributed by atoms with van der Waals surface area (Å²) in [7, 11) is -0.447. The third-order valence-corrected chi connectivity index (χ3v) is 3.95. The molecule has 0 rings (SSSR count). The Morgan fingerprint density at radius 1 is 1.46 bits per heavy atom. The molecular formula is C10H22O2Si. The highest BCUT2D eigenvalue weighted by Gasteiger charge is 2.22. The Balaban J connectivity index is 4.15. The van der Waals surface area contributed by atoms with Crippen LogP contribution in [0.4, 0.5) is 0 Å². The summed E-state index contributed by atoms with van der Waals surface area (Å²) in [5.74, 6) is 0. The molecule has 0 aromatic heterocycles. The van der Waals surface area contributed by atoms with E-state index in [1.807, 2.05) is 13.1 Å². The van der Waals surface area contributed by atoms with Gasteiger partial charge in [-0.3, -0.25) is 0 Å². The van der Waals surface area contributed by atoms with Gasteiger partial charge in [-0.05, 0) is 24.7 Å². The predicted molar refractivity (Wildman–Crippen MR) is 59.2 cm³/mol. The van der Waals surface area contributed by atoms with E-state index >= 15 is 0 Å². The van der Waals surface area contributed by atoms with E-state index in [4.69, 9.17) is 4.74 Å². The molecule has 0 fully saturated rings. The van der Waals surface area contributed by atoms with Crippen LogP contribution in [0.2, 0.25) is 13.1 Å². The van der Waals surface area contributed by atoms with Crippen molar-refractivity contribution in [1.82, 2.24) is 0 Å². The summed E-state index contributed by atoms with van der Waals surface area (Å²) >= 11 is 0. The molecule has 0 aliphatic carbocycles. The van der Waals surface area contributed by atoms with Gasteiger partial charge in [-0.2, -0.15) is 0 Å². The quantitative estimate of drug-likeness (QED) is 0.530. The van der Waals surface area contributed by atoms with Crippen LogP contribution in [0.1, 0.15) is 26.2 Å². The molecule has 78 valence electrons. The zero-order chi connectivity index (χ0) is 10.3. The minimum atomic E-state index is -2.12. The second-order valence-corrected chi connectivity index (χ2v) is 7.62. The van der Waals surface area contributed by atoms with Crippen LogP contribution in [-0.4, -0.2) is 26.8 Å². The first-order valence-corrected chi connectivity index (χ1v) is 7.88. The standard InChI is InChI=1S/C10H22O2Si/c1-5-6-7-8-10(9-12-2)13(3,4)11/h8,11H,5-7,9H2,1-4H3/b10-8+. The summed E-state index contributed by atoms with van der Waals surface area (Å²) in [6.45, 7) is 6.62. The molecule has 2 nitrogen and oxygen atoms in total. The van der Waals surface area contributed by atoms with Crippen molar-refractivity contribution in [3.05, 3.63) is 11.3 Å². The molecule has 0 spiro atoms. The summed E-state index contributed by atoms with van der Waals surface area (Å²) in [4.78, 5) is 9.90. The molecule has 0 saturated carbocycles. The smallest absolute Gasteiger partial charge is 0.211 e. The monoisotopic (exact) mass is 202 g/mol. The van der Waals surface area contributed by atoms with Crippen molar-refractivity contribution in [2.45, 2.75) is 39.3 Å². The molecule has 0 heterocycles. The van der Waals surface area contributed by atoms with Crippen LogP contribution in [0.15, 0.2) is 11.3 Å². The van der Waals surface area contributed by atoms with Crippen molar-refractivity contribution in [3.8, 4) is 0 Å². The Morgan fingerprint density at radius 3 is 2.46 bits per heavy atom. The molecule has 1 N–H and O–H groups in total. The molecule has 0 aliphatic heterocycles. The van der Waals surface area contributed by atoms with E-state index in [1.54, 1.807) is 7.11 Å². The zero-order valence-electron chi connectivity index (χ0n) is 9.26. The number of rotatable bonds is 6. The van der Waals surface area contributed by atoms with Gasteiger partial charge in [0.1, 0.15) is 0 Å². The highest BCUT2D eigenvalue weighted by atomic mass is 28.4. The van der Waals surface area contributed by atoms with Crippen molar-refractivity contribution < 1.29 is 9.53 Å². The van der Waals surface area contributed by atoms with E-state index in [-0.39, 0.29) is 0 Å². The lowest BCUT2D eigenvalue weighted by molar-refractivity contribution is 0.228. The van der Waals surface area contributed by atoms with Gasteiger partial charge in [0.2, 0.25) is 8.32 Å². The van der Waals surface area contributed by atoms with Gasteiger partial charge in [0.05, 0.1) is 6.61 Å². The summed E-state index contributed by atoms with van der Waals surface area (Å²) in [5, 5.41) is 1.11. The van der Waals surface area contributed by atoms with Crippen molar-refractivity contribution >= 4 is 8.32 Å². The molecule has 0 unspecified atom stereocenters. The molecule has 0 amide bonds. The maximum Gasteiger partial charge on any atom is 0.211 e.